The van der Waals surface area contributed by atoms with Crippen LogP contribution < -0.4 is 10.1 Å². The number of hydrogen-bond donors (Lipinski definition) is 1. The van der Waals surface area contributed by atoms with Crippen molar-refractivity contribution < 1.29 is 27.5 Å². The highest BCUT2D eigenvalue weighted by atomic mass is 32.1. The van der Waals surface area contributed by atoms with Crippen molar-refractivity contribution in [2.45, 2.75) is 13.3 Å². The van der Waals surface area contributed by atoms with E-state index >= 15 is 0 Å². The van der Waals surface area contributed by atoms with Crippen LogP contribution in [0.15, 0.2) is 47.5 Å². The first kappa shape index (κ1) is 18.0. The Hall–Kier alpha value is -2.81. The maximum absolute atomic E-state index is 12.5. The summed E-state index contributed by atoms with van der Waals surface area (Å²) in [6.45, 7) is 1.91. The zero-order valence-electron chi connectivity index (χ0n) is 13.5. The SMILES string of the molecule is CCN1C(=O)C(Nc2ccc(OC(F)(F)F)cc2)=C(c2cccs2)C1=O. The summed E-state index contributed by atoms with van der Waals surface area (Å²) >= 11 is 1.32. The van der Waals surface area contributed by atoms with Crippen LogP contribution in [-0.4, -0.2) is 29.6 Å². The van der Waals surface area contributed by atoms with Gasteiger partial charge in [-0.05, 0) is 42.6 Å². The fourth-order valence-corrected chi connectivity index (χ4v) is 3.28. The van der Waals surface area contributed by atoms with Gasteiger partial charge in [0.15, 0.2) is 0 Å². The second-order valence-electron chi connectivity index (χ2n) is 5.28. The number of halogens is 3. The molecule has 2 amide bonds. The predicted octanol–water partition coefficient (Wildman–Crippen LogP) is 3.86. The molecule has 1 aliphatic heterocycles. The third-order valence-corrected chi connectivity index (χ3v) is 4.50. The lowest BCUT2D eigenvalue weighted by Crippen LogP contribution is -2.32. The molecular formula is C17H13F3N2O3S. The summed E-state index contributed by atoms with van der Waals surface area (Å²) in [5.41, 5.74) is 0.717. The third-order valence-electron chi connectivity index (χ3n) is 3.61. The summed E-state index contributed by atoms with van der Waals surface area (Å²) in [5, 5.41) is 4.64. The highest BCUT2D eigenvalue weighted by Gasteiger charge is 2.38. The number of imide groups is 1. The topological polar surface area (TPSA) is 58.6 Å². The van der Waals surface area contributed by atoms with Gasteiger partial charge < -0.3 is 10.1 Å². The number of hydrogen-bond acceptors (Lipinski definition) is 5. The summed E-state index contributed by atoms with van der Waals surface area (Å²) in [6, 6.07) is 8.42. The van der Waals surface area contributed by atoms with Gasteiger partial charge in [0.05, 0.1) is 5.57 Å². The third kappa shape index (κ3) is 3.57. The van der Waals surface area contributed by atoms with Crippen molar-refractivity contribution in [3.63, 3.8) is 0 Å². The number of thiophene rings is 1. The smallest absolute Gasteiger partial charge is 0.406 e. The van der Waals surface area contributed by atoms with Crippen LogP contribution in [0.2, 0.25) is 0 Å². The van der Waals surface area contributed by atoms with E-state index < -0.39 is 18.2 Å². The molecule has 0 saturated heterocycles. The fraction of sp³-hybridized carbons (Fsp3) is 0.176. The Balaban J connectivity index is 1.91. The molecule has 9 heteroatoms. The predicted molar refractivity (Wildman–Crippen MR) is 90.4 cm³/mol. The van der Waals surface area contributed by atoms with E-state index in [2.05, 4.69) is 10.1 Å². The molecule has 0 fully saturated rings. The number of nitrogens with zero attached hydrogens (tertiary/aromatic N) is 1. The van der Waals surface area contributed by atoms with Gasteiger partial charge in [0.2, 0.25) is 0 Å². The molecule has 0 bridgehead atoms. The molecule has 1 aromatic heterocycles. The number of nitrogens with one attached hydrogen (secondary N) is 1. The van der Waals surface area contributed by atoms with Gasteiger partial charge in [0.25, 0.3) is 11.8 Å². The number of carbonyl (C=O) groups is 2. The van der Waals surface area contributed by atoms with Gasteiger partial charge >= 0.3 is 6.36 Å². The standard InChI is InChI=1S/C17H13F3N2O3S/c1-2-22-15(23)13(12-4-3-9-26-12)14(16(22)24)21-10-5-7-11(8-6-10)25-17(18,19)20/h3-9,21H,2H2,1H3. The largest absolute Gasteiger partial charge is 0.573 e. The molecule has 0 saturated carbocycles. The Morgan fingerprint density at radius 3 is 2.35 bits per heavy atom. The number of anilines is 1. The van der Waals surface area contributed by atoms with E-state index in [0.717, 1.165) is 17.0 Å². The van der Waals surface area contributed by atoms with Crippen molar-refractivity contribution in [3.05, 3.63) is 52.4 Å². The molecular weight excluding hydrogens is 369 g/mol. The average Bonchev–Trinajstić information content (AvgIpc) is 3.16. The number of ether oxygens (including phenoxy) is 1. The molecule has 26 heavy (non-hydrogen) atoms. The first-order valence-electron chi connectivity index (χ1n) is 7.57. The molecule has 3 rings (SSSR count). The van der Waals surface area contributed by atoms with Crippen molar-refractivity contribution >= 4 is 34.4 Å². The summed E-state index contributed by atoms with van der Waals surface area (Å²) in [5.74, 6) is -1.25. The van der Waals surface area contributed by atoms with E-state index in [9.17, 15) is 22.8 Å². The van der Waals surface area contributed by atoms with Gasteiger partial charge in [-0.3, -0.25) is 14.5 Å². The highest BCUT2D eigenvalue weighted by Crippen LogP contribution is 2.33. The van der Waals surface area contributed by atoms with Crippen LogP contribution in [0.3, 0.4) is 0 Å². The lowest BCUT2D eigenvalue weighted by molar-refractivity contribution is -0.274. The molecule has 2 heterocycles. The Kier molecular flexibility index (Phi) is 4.73. The fourth-order valence-electron chi connectivity index (χ4n) is 2.51. The lowest BCUT2D eigenvalue weighted by atomic mass is 10.2. The van der Waals surface area contributed by atoms with Crippen LogP contribution in [0, 0.1) is 0 Å². The van der Waals surface area contributed by atoms with Gasteiger partial charge in [-0.25, -0.2) is 0 Å². The van der Waals surface area contributed by atoms with Gasteiger partial charge in [0.1, 0.15) is 11.4 Å². The minimum atomic E-state index is -4.78. The van der Waals surface area contributed by atoms with Crippen molar-refractivity contribution in [3.8, 4) is 5.75 Å². The summed E-state index contributed by atoms with van der Waals surface area (Å²) in [4.78, 5) is 26.8. The first-order chi connectivity index (χ1) is 12.3. The van der Waals surface area contributed by atoms with Crippen molar-refractivity contribution in [1.29, 1.82) is 0 Å². The molecule has 0 aliphatic carbocycles. The number of alkyl halides is 3. The van der Waals surface area contributed by atoms with Gasteiger partial charge in [-0.2, -0.15) is 0 Å². The molecule has 0 atom stereocenters. The van der Waals surface area contributed by atoms with Crippen LogP contribution in [0.4, 0.5) is 18.9 Å². The van der Waals surface area contributed by atoms with Crippen LogP contribution in [0.1, 0.15) is 11.8 Å². The Bertz CT molecular complexity index is 858. The number of rotatable bonds is 5. The van der Waals surface area contributed by atoms with E-state index in [1.54, 1.807) is 24.4 Å². The molecule has 0 radical (unpaired) electrons. The molecule has 5 nitrogen and oxygen atoms in total. The van der Waals surface area contributed by atoms with E-state index in [1.165, 1.54) is 23.5 Å². The van der Waals surface area contributed by atoms with Crippen LogP contribution in [-0.2, 0) is 9.59 Å². The summed E-state index contributed by atoms with van der Waals surface area (Å²) in [6.07, 6.45) is -4.78. The van der Waals surface area contributed by atoms with Crippen molar-refractivity contribution in [2.75, 3.05) is 11.9 Å². The van der Waals surface area contributed by atoms with Crippen molar-refractivity contribution in [2.24, 2.45) is 0 Å². The first-order valence-corrected chi connectivity index (χ1v) is 8.45. The number of amides is 2. The molecule has 1 aromatic carbocycles. The zero-order chi connectivity index (χ0) is 18.9. The Morgan fingerprint density at radius 1 is 1.12 bits per heavy atom. The quantitative estimate of drug-likeness (QED) is 0.798. The van der Waals surface area contributed by atoms with Gasteiger partial charge in [0, 0.05) is 17.1 Å². The Labute approximate surface area is 150 Å². The summed E-state index contributed by atoms with van der Waals surface area (Å²) < 4.78 is 40.5. The van der Waals surface area contributed by atoms with Crippen LogP contribution >= 0.6 is 11.3 Å². The van der Waals surface area contributed by atoms with E-state index in [-0.39, 0.29) is 23.6 Å². The molecule has 2 aromatic rings. The highest BCUT2D eigenvalue weighted by molar-refractivity contribution is 7.11. The number of likely N-dealkylation sites (N-methyl/N-ethyl adjacent to an activating group) is 1. The second kappa shape index (κ2) is 6.83. The second-order valence-corrected chi connectivity index (χ2v) is 6.23. The number of benzene rings is 1. The van der Waals surface area contributed by atoms with Crippen LogP contribution in [0.25, 0.3) is 5.57 Å². The maximum Gasteiger partial charge on any atom is 0.573 e. The molecule has 1 aliphatic rings. The molecule has 1 N–H and O–H groups in total. The van der Waals surface area contributed by atoms with Gasteiger partial charge in [-0.15, -0.1) is 24.5 Å². The molecule has 136 valence electrons. The molecule has 0 spiro atoms. The van der Waals surface area contributed by atoms with E-state index in [1.807, 2.05) is 0 Å². The van der Waals surface area contributed by atoms with Gasteiger partial charge in [-0.1, -0.05) is 6.07 Å². The van der Waals surface area contributed by atoms with Crippen LogP contribution in [0.5, 0.6) is 5.75 Å². The summed E-state index contributed by atoms with van der Waals surface area (Å²) in [7, 11) is 0. The Morgan fingerprint density at radius 2 is 1.81 bits per heavy atom. The molecule has 0 unspecified atom stereocenters. The zero-order valence-corrected chi connectivity index (χ0v) is 14.3. The lowest BCUT2D eigenvalue weighted by Gasteiger charge is -2.12. The van der Waals surface area contributed by atoms with E-state index in [0.29, 0.717) is 10.6 Å². The maximum atomic E-state index is 12.5. The normalized spacial score (nSPS) is 15.0. The van der Waals surface area contributed by atoms with Crippen molar-refractivity contribution in [1.82, 2.24) is 4.90 Å². The minimum Gasteiger partial charge on any atom is -0.406 e. The monoisotopic (exact) mass is 382 g/mol. The number of carbonyl (C=O) groups excluding carboxylic acids is 2. The minimum absolute atomic E-state index is 0.101. The van der Waals surface area contributed by atoms with E-state index in [4.69, 9.17) is 0 Å². The average molecular weight is 382 g/mol.